The second kappa shape index (κ2) is 8.31. The predicted octanol–water partition coefficient (Wildman–Crippen LogP) is 1.92. The van der Waals surface area contributed by atoms with E-state index in [1.54, 1.807) is 18.2 Å². The number of carbonyl (C=O) groups excluding carboxylic acids is 2. The minimum Gasteiger partial charge on any atom is -0.394 e. The summed E-state index contributed by atoms with van der Waals surface area (Å²) in [7, 11) is 0. The summed E-state index contributed by atoms with van der Waals surface area (Å²) < 4.78 is 0. The fourth-order valence-corrected chi connectivity index (χ4v) is 2.25. The van der Waals surface area contributed by atoms with Crippen LogP contribution in [0, 0.1) is 0 Å². The minimum absolute atomic E-state index is 0.186. The molecule has 0 aliphatic heterocycles. The highest BCUT2D eigenvalue weighted by atomic mass is 35.5. The van der Waals surface area contributed by atoms with Crippen molar-refractivity contribution in [3.05, 3.63) is 70.7 Å². The normalized spacial score (nSPS) is 11.6. The molecule has 0 fully saturated rings. The van der Waals surface area contributed by atoms with E-state index in [4.69, 9.17) is 11.6 Å². The second-order valence-corrected chi connectivity index (χ2v) is 5.34. The van der Waals surface area contributed by atoms with Crippen molar-refractivity contribution in [1.82, 2.24) is 10.6 Å². The van der Waals surface area contributed by atoms with Gasteiger partial charge in [0.15, 0.2) is 0 Å². The van der Waals surface area contributed by atoms with Gasteiger partial charge in [0.1, 0.15) is 0 Å². The lowest BCUT2D eigenvalue weighted by atomic mass is 10.1. The fraction of sp³-hybridized carbons (Fsp3) is 0.176. The second-order valence-electron chi connectivity index (χ2n) is 4.91. The van der Waals surface area contributed by atoms with Crippen LogP contribution < -0.4 is 10.6 Å². The van der Waals surface area contributed by atoms with Crippen molar-refractivity contribution < 1.29 is 14.7 Å². The van der Waals surface area contributed by atoms with E-state index in [1.807, 2.05) is 30.3 Å². The molecular weight excluding hydrogens is 316 g/mol. The molecule has 0 bridgehead atoms. The monoisotopic (exact) mass is 332 g/mol. The molecule has 0 aromatic heterocycles. The van der Waals surface area contributed by atoms with E-state index in [-0.39, 0.29) is 25.0 Å². The summed E-state index contributed by atoms with van der Waals surface area (Å²) in [6, 6.07) is 15.1. The molecule has 2 aromatic carbocycles. The van der Waals surface area contributed by atoms with Crippen LogP contribution in [0.3, 0.4) is 0 Å². The Kier molecular flexibility index (Phi) is 6.14. The molecule has 0 saturated carbocycles. The minimum atomic E-state index is -0.508. The smallest absolute Gasteiger partial charge is 0.251 e. The van der Waals surface area contributed by atoms with Gasteiger partial charge in [-0.1, -0.05) is 48.0 Å². The maximum Gasteiger partial charge on any atom is 0.251 e. The van der Waals surface area contributed by atoms with E-state index < -0.39 is 6.04 Å². The van der Waals surface area contributed by atoms with E-state index in [9.17, 15) is 14.7 Å². The number of hydrogen-bond acceptors (Lipinski definition) is 3. The van der Waals surface area contributed by atoms with Gasteiger partial charge < -0.3 is 15.7 Å². The molecule has 0 spiro atoms. The average Bonchev–Trinajstić information content (AvgIpc) is 2.58. The van der Waals surface area contributed by atoms with Crippen LogP contribution in [-0.4, -0.2) is 30.1 Å². The topological polar surface area (TPSA) is 78.4 Å². The van der Waals surface area contributed by atoms with Crippen molar-refractivity contribution >= 4 is 23.4 Å². The van der Waals surface area contributed by atoms with Crippen LogP contribution in [-0.2, 0) is 4.79 Å². The largest absolute Gasteiger partial charge is 0.394 e. The number of carbonyl (C=O) groups is 2. The summed E-state index contributed by atoms with van der Waals surface area (Å²) >= 11 is 5.82. The maximum absolute atomic E-state index is 11.9. The van der Waals surface area contributed by atoms with Gasteiger partial charge in [0.25, 0.3) is 5.91 Å². The van der Waals surface area contributed by atoms with Crippen LogP contribution in [0.15, 0.2) is 54.6 Å². The molecule has 2 aromatic rings. The summed E-state index contributed by atoms with van der Waals surface area (Å²) in [5.41, 5.74) is 1.18. The van der Waals surface area contributed by atoms with Gasteiger partial charge >= 0.3 is 0 Å². The number of rotatable bonds is 6. The molecule has 3 N–H and O–H groups in total. The number of hydrogen-bond donors (Lipinski definition) is 3. The van der Waals surface area contributed by atoms with Crippen molar-refractivity contribution in [2.45, 2.75) is 6.04 Å². The zero-order valence-electron chi connectivity index (χ0n) is 12.3. The van der Waals surface area contributed by atoms with Crippen molar-refractivity contribution in [2.75, 3.05) is 13.2 Å². The van der Waals surface area contributed by atoms with Crippen molar-refractivity contribution in [3.63, 3.8) is 0 Å². The first-order chi connectivity index (χ1) is 11.1. The summed E-state index contributed by atoms with van der Waals surface area (Å²) in [6.45, 7) is -0.410. The van der Waals surface area contributed by atoms with Crippen LogP contribution >= 0.6 is 11.6 Å². The zero-order chi connectivity index (χ0) is 16.7. The lowest BCUT2D eigenvalue weighted by molar-refractivity contribution is -0.121. The van der Waals surface area contributed by atoms with Crippen LogP contribution in [0.5, 0.6) is 0 Å². The summed E-state index contributed by atoms with van der Waals surface area (Å²) in [6.07, 6.45) is 0. The van der Waals surface area contributed by atoms with Crippen LogP contribution in [0.2, 0.25) is 5.02 Å². The SMILES string of the molecule is O=C(CNC(=O)c1cccc(Cl)c1)N[C@H](CO)c1ccccc1. The fourth-order valence-electron chi connectivity index (χ4n) is 2.06. The Morgan fingerprint density at radius 2 is 1.83 bits per heavy atom. The number of amides is 2. The molecule has 5 nitrogen and oxygen atoms in total. The zero-order valence-corrected chi connectivity index (χ0v) is 13.1. The lowest BCUT2D eigenvalue weighted by Gasteiger charge is -2.17. The predicted molar refractivity (Wildman–Crippen MR) is 88.2 cm³/mol. The highest BCUT2D eigenvalue weighted by Crippen LogP contribution is 2.12. The molecule has 120 valence electrons. The van der Waals surface area contributed by atoms with Crippen LogP contribution in [0.1, 0.15) is 22.0 Å². The van der Waals surface area contributed by atoms with Gasteiger partial charge in [0, 0.05) is 10.6 Å². The van der Waals surface area contributed by atoms with Gasteiger partial charge in [-0.3, -0.25) is 9.59 Å². The molecule has 2 amide bonds. The third-order valence-electron chi connectivity index (χ3n) is 3.22. The number of aliphatic hydroxyl groups excluding tert-OH is 1. The van der Waals surface area contributed by atoms with Crippen molar-refractivity contribution in [1.29, 1.82) is 0 Å². The molecule has 2 rings (SSSR count). The van der Waals surface area contributed by atoms with E-state index in [0.717, 1.165) is 5.56 Å². The summed E-state index contributed by atoms with van der Waals surface area (Å²) in [4.78, 5) is 23.9. The number of benzene rings is 2. The van der Waals surface area contributed by atoms with Crippen LogP contribution in [0.4, 0.5) is 0 Å². The van der Waals surface area contributed by atoms with Gasteiger partial charge in [-0.15, -0.1) is 0 Å². The van der Waals surface area contributed by atoms with Gasteiger partial charge in [0.2, 0.25) is 5.91 Å². The Labute approximate surface area is 139 Å². The first-order valence-corrected chi connectivity index (χ1v) is 7.47. The van der Waals surface area contributed by atoms with E-state index in [2.05, 4.69) is 10.6 Å². The molecule has 6 heteroatoms. The third-order valence-corrected chi connectivity index (χ3v) is 3.45. The molecule has 1 atom stereocenters. The molecule has 0 unspecified atom stereocenters. The highest BCUT2D eigenvalue weighted by molar-refractivity contribution is 6.30. The van der Waals surface area contributed by atoms with Gasteiger partial charge in [0.05, 0.1) is 19.2 Å². The highest BCUT2D eigenvalue weighted by Gasteiger charge is 2.14. The maximum atomic E-state index is 11.9. The third kappa shape index (κ3) is 5.09. The van der Waals surface area contributed by atoms with Gasteiger partial charge in [-0.25, -0.2) is 0 Å². The van der Waals surface area contributed by atoms with E-state index >= 15 is 0 Å². The summed E-state index contributed by atoms with van der Waals surface area (Å²) in [5, 5.41) is 15.0. The van der Waals surface area contributed by atoms with Gasteiger partial charge in [-0.05, 0) is 23.8 Å². The number of halogens is 1. The average molecular weight is 333 g/mol. The summed E-state index contributed by atoms with van der Waals surface area (Å²) in [5.74, 6) is -0.772. The Bertz CT molecular complexity index is 677. The van der Waals surface area contributed by atoms with E-state index in [0.29, 0.717) is 10.6 Å². The van der Waals surface area contributed by atoms with E-state index in [1.165, 1.54) is 6.07 Å². The lowest BCUT2D eigenvalue weighted by Crippen LogP contribution is -2.39. The molecule has 0 aliphatic rings. The Hall–Kier alpha value is -2.37. The first-order valence-electron chi connectivity index (χ1n) is 7.09. The van der Waals surface area contributed by atoms with Crippen molar-refractivity contribution in [2.24, 2.45) is 0 Å². The Morgan fingerprint density at radius 3 is 2.48 bits per heavy atom. The molecule has 0 saturated heterocycles. The molecule has 0 aliphatic carbocycles. The molecular formula is C17H17ClN2O3. The quantitative estimate of drug-likeness (QED) is 0.756. The Balaban J connectivity index is 1.88. The van der Waals surface area contributed by atoms with Gasteiger partial charge in [-0.2, -0.15) is 0 Å². The number of aliphatic hydroxyl groups is 1. The molecule has 0 radical (unpaired) electrons. The van der Waals surface area contributed by atoms with Crippen LogP contribution in [0.25, 0.3) is 0 Å². The van der Waals surface area contributed by atoms with Crippen molar-refractivity contribution in [3.8, 4) is 0 Å². The molecule has 0 heterocycles. The first kappa shape index (κ1) is 17.0. The Morgan fingerprint density at radius 1 is 1.09 bits per heavy atom. The number of nitrogens with one attached hydrogen (secondary N) is 2. The standard InChI is InChI=1S/C17H17ClN2O3/c18-14-8-4-7-13(9-14)17(23)19-10-16(22)20-15(11-21)12-5-2-1-3-6-12/h1-9,15,21H,10-11H2,(H,19,23)(H,20,22)/t15-/m1/s1. The molecule has 23 heavy (non-hydrogen) atoms.